The van der Waals surface area contributed by atoms with Crippen molar-refractivity contribution in [1.29, 1.82) is 0 Å². The molecule has 1 saturated heterocycles. The van der Waals surface area contributed by atoms with E-state index in [9.17, 15) is 4.79 Å². The van der Waals surface area contributed by atoms with Gasteiger partial charge in [-0.05, 0) is 17.7 Å². The molecule has 110 valence electrons. The fourth-order valence-electron chi connectivity index (χ4n) is 2.16. The number of hydrogen-bond acceptors (Lipinski definition) is 4. The Bertz CT molecular complexity index is 576. The molecule has 2 aromatic rings. The van der Waals surface area contributed by atoms with E-state index in [0.29, 0.717) is 32.8 Å². The van der Waals surface area contributed by atoms with Crippen LogP contribution in [0.3, 0.4) is 0 Å². The van der Waals surface area contributed by atoms with Crippen molar-refractivity contribution in [2.45, 2.75) is 6.54 Å². The van der Waals surface area contributed by atoms with Crippen molar-refractivity contribution in [1.82, 2.24) is 25.0 Å². The molecule has 0 radical (unpaired) electrons. The summed E-state index contributed by atoms with van der Waals surface area (Å²) in [4.78, 5) is 17.6. The van der Waals surface area contributed by atoms with Gasteiger partial charge in [0.25, 0.3) is 0 Å². The first kappa shape index (κ1) is 13.6. The third-order valence-corrected chi connectivity index (χ3v) is 3.36. The van der Waals surface area contributed by atoms with Crippen LogP contribution in [0.5, 0.6) is 0 Å². The average molecular weight is 287 g/mol. The summed E-state index contributed by atoms with van der Waals surface area (Å²) in [5.41, 5.74) is 1.98. The molecule has 2 heterocycles. The van der Waals surface area contributed by atoms with Gasteiger partial charge in [-0.25, -0.2) is 14.5 Å². The molecule has 0 unspecified atom stereocenters. The number of morpholine rings is 1. The Kier molecular flexibility index (Phi) is 4.11. The number of carbonyl (C=O) groups excluding carboxylic acids is 1. The third-order valence-electron chi connectivity index (χ3n) is 3.36. The molecule has 1 aromatic carbocycles. The zero-order valence-electron chi connectivity index (χ0n) is 11.6. The number of urea groups is 1. The van der Waals surface area contributed by atoms with Crippen molar-refractivity contribution in [3.05, 3.63) is 42.5 Å². The lowest BCUT2D eigenvalue weighted by Crippen LogP contribution is -2.45. The molecule has 0 atom stereocenters. The molecule has 7 nitrogen and oxygen atoms in total. The second kappa shape index (κ2) is 6.36. The van der Waals surface area contributed by atoms with Crippen LogP contribution in [0.1, 0.15) is 5.56 Å². The fraction of sp³-hybridized carbons (Fsp3) is 0.357. The van der Waals surface area contributed by atoms with Crippen molar-refractivity contribution in [3.8, 4) is 5.69 Å². The van der Waals surface area contributed by atoms with Crippen molar-refractivity contribution < 1.29 is 9.53 Å². The predicted molar refractivity (Wildman–Crippen MR) is 76.0 cm³/mol. The van der Waals surface area contributed by atoms with Gasteiger partial charge in [0.2, 0.25) is 0 Å². The summed E-state index contributed by atoms with van der Waals surface area (Å²) < 4.78 is 6.92. The van der Waals surface area contributed by atoms with Gasteiger partial charge >= 0.3 is 6.03 Å². The van der Waals surface area contributed by atoms with Gasteiger partial charge in [-0.2, -0.15) is 5.10 Å². The van der Waals surface area contributed by atoms with Crippen LogP contribution in [0.15, 0.2) is 36.9 Å². The van der Waals surface area contributed by atoms with Gasteiger partial charge in [-0.1, -0.05) is 12.1 Å². The largest absolute Gasteiger partial charge is 0.378 e. The molecule has 1 N–H and O–H groups in total. The van der Waals surface area contributed by atoms with Gasteiger partial charge in [0.05, 0.1) is 18.9 Å². The van der Waals surface area contributed by atoms with Gasteiger partial charge in [0, 0.05) is 19.6 Å². The quantitative estimate of drug-likeness (QED) is 0.906. The smallest absolute Gasteiger partial charge is 0.317 e. The van der Waals surface area contributed by atoms with E-state index in [2.05, 4.69) is 15.4 Å². The highest BCUT2D eigenvalue weighted by molar-refractivity contribution is 5.74. The first-order valence-corrected chi connectivity index (χ1v) is 6.87. The Balaban J connectivity index is 1.54. The highest BCUT2D eigenvalue weighted by Gasteiger charge is 2.15. The molecular weight excluding hydrogens is 270 g/mol. The lowest BCUT2D eigenvalue weighted by molar-refractivity contribution is 0.0531. The molecular formula is C14H17N5O2. The number of aromatic nitrogens is 3. The normalized spacial score (nSPS) is 15.0. The maximum atomic E-state index is 12.0. The maximum Gasteiger partial charge on any atom is 0.317 e. The predicted octanol–water partition coefficient (Wildman–Crippen LogP) is 0.809. The molecule has 1 aliphatic rings. The van der Waals surface area contributed by atoms with Crippen LogP contribution in [0.4, 0.5) is 4.79 Å². The first-order valence-electron chi connectivity index (χ1n) is 6.87. The van der Waals surface area contributed by atoms with Gasteiger partial charge in [0.1, 0.15) is 12.7 Å². The number of rotatable bonds is 3. The Labute approximate surface area is 122 Å². The molecule has 2 amide bonds. The number of nitrogens with one attached hydrogen (secondary N) is 1. The van der Waals surface area contributed by atoms with Gasteiger partial charge in [0.15, 0.2) is 0 Å². The second-order valence-electron chi connectivity index (χ2n) is 4.76. The van der Waals surface area contributed by atoms with E-state index >= 15 is 0 Å². The van der Waals surface area contributed by atoms with Gasteiger partial charge < -0.3 is 15.0 Å². The number of amides is 2. The van der Waals surface area contributed by atoms with Crippen LogP contribution < -0.4 is 5.32 Å². The summed E-state index contributed by atoms with van der Waals surface area (Å²) in [7, 11) is 0. The van der Waals surface area contributed by atoms with Crippen LogP contribution in [-0.2, 0) is 11.3 Å². The third kappa shape index (κ3) is 3.38. The average Bonchev–Trinajstić information content (AvgIpc) is 3.08. The zero-order chi connectivity index (χ0) is 14.5. The van der Waals surface area contributed by atoms with E-state index < -0.39 is 0 Å². The maximum absolute atomic E-state index is 12.0. The van der Waals surface area contributed by atoms with E-state index in [1.54, 1.807) is 15.9 Å². The molecule has 0 aliphatic carbocycles. The van der Waals surface area contributed by atoms with E-state index in [1.165, 1.54) is 6.33 Å². The lowest BCUT2D eigenvalue weighted by Gasteiger charge is -2.26. The Morgan fingerprint density at radius 1 is 1.24 bits per heavy atom. The molecule has 0 bridgehead atoms. The van der Waals surface area contributed by atoms with E-state index in [0.717, 1.165) is 11.3 Å². The standard InChI is InChI=1S/C14H17N5O2/c20-14(18-5-7-21-8-6-18)16-9-12-1-3-13(4-2-12)19-11-15-10-17-19/h1-4,10-11H,5-9H2,(H,16,20). The lowest BCUT2D eigenvalue weighted by atomic mass is 10.2. The molecule has 1 aliphatic heterocycles. The van der Waals surface area contributed by atoms with Crippen molar-refractivity contribution in [2.75, 3.05) is 26.3 Å². The molecule has 1 aromatic heterocycles. The summed E-state index contributed by atoms with van der Waals surface area (Å²) in [5.74, 6) is 0. The van der Waals surface area contributed by atoms with Crippen LogP contribution >= 0.6 is 0 Å². The number of nitrogens with zero attached hydrogens (tertiary/aromatic N) is 4. The highest BCUT2D eigenvalue weighted by atomic mass is 16.5. The molecule has 0 saturated carbocycles. The summed E-state index contributed by atoms with van der Waals surface area (Å²) in [5, 5.41) is 6.99. The Morgan fingerprint density at radius 3 is 2.67 bits per heavy atom. The fourth-order valence-corrected chi connectivity index (χ4v) is 2.16. The van der Waals surface area contributed by atoms with Crippen molar-refractivity contribution >= 4 is 6.03 Å². The summed E-state index contributed by atoms with van der Waals surface area (Å²) in [6, 6.07) is 7.79. The molecule has 7 heteroatoms. The van der Waals surface area contributed by atoms with E-state index in [-0.39, 0.29) is 6.03 Å². The summed E-state index contributed by atoms with van der Waals surface area (Å²) in [6.07, 6.45) is 3.14. The minimum absolute atomic E-state index is 0.0429. The Morgan fingerprint density at radius 2 is 2.00 bits per heavy atom. The van der Waals surface area contributed by atoms with Gasteiger partial charge in [-0.3, -0.25) is 0 Å². The molecule has 3 rings (SSSR count). The van der Waals surface area contributed by atoms with Gasteiger partial charge in [-0.15, -0.1) is 0 Å². The van der Waals surface area contributed by atoms with Crippen LogP contribution in [0, 0.1) is 0 Å². The zero-order valence-corrected chi connectivity index (χ0v) is 11.6. The topological polar surface area (TPSA) is 72.3 Å². The number of carbonyl (C=O) groups is 1. The second-order valence-corrected chi connectivity index (χ2v) is 4.76. The number of hydrogen-bond donors (Lipinski definition) is 1. The Hall–Kier alpha value is -2.41. The van der Waals surface area contributed by atoms with Crippen molar-refractivity contribution in [3.63, 3.8) is 0 Å². The van der Waals surface area contributed by atoms with E-state index in [4.69, 9.17) is 4.74 Å². The van der Waals surface area contributed by atoms with E-state index in [1.807, 2.05) is 24.3 Å². The van der Waals surface area contributed by atoms with Crippen LogP contribution in [0.2, 0.25) is 0 Å². The molecule has 21 heavy (non-hydrogen) atoms. The van der Waals surface area contributed by atoms with Crippen molar-refractivity contribution in [2.24, 2.45) is 0 Å². The summed E-state index contributed by atoms with van der Waals surface area (Å²) in [6.45, 7) is 3.03. The minimum atomic E-state index is -0.0429. The summed E-state index contributed by atoms with van der Waals surface area (Å²) >= 11 is 0. The minimum Gasteiger partial charge on any atom is -0.378 e. The van der Waals surface area contributed by atoms with Crippen LogP contribution in [0.25, 0.3) is 5.69 Å². The number of benzene rings is 1. The molecule has 0 spiro atoms. The monoisotopic (exact) mass is 287 g/mol. The first-order chi connectivity index (χ1) is 10.3. The molecule has 1 fully saturated rings. The highest BCUT2D eigenvalue weighted by Crippen LogP contribution is 2.08. The SMILES string of the molecule is O=C(NCc1ccc(-n2cncn2)cc1)N1CCOCC1. The number of ether oxygens (including phenoxy) is 1. The van der Waals surface area contributed by atoms with Crippen LogP contribution in [-0.4, -0.2) is 52.0 Å².